The van der Waals surface area contributed by atoms with Gasteiger partial charge in [-0.1, -0.05) is 0 Å². The standard InChI is InChI=1S/C17H29N5O5S/c1-13-9-15(22(20-13)14-5-8-28(25,26)12-14)19-17(24)11-21(2)10-16(23)18-6-4-7-27-3/h9,14H,4-8,10-12H2,1-3H3,(H,18,23)(H,19,24). The lowest BCUT2D eigenvalue weighted by atomic mass is 10.3. The maximum absolute atomic E-state index is 12.3. The van der Waals surface area contributed by atoms with E-state index in [9.17, 15) is 18.0 Å². The third-order valence-electron chi connectivity index (χ3n) is 4.35. The number of carbonyl (C=O) groups is 2. The molecule has 1 unspecified atom stereocenters. The van der Waals surface area contributed by atoms with Crippen molar-refractivity contribution in [3.05, 3.63) is 11.8 Å². The number of amides is 2. The molecule has 1 aromatic heterocycles. The number of aromatic nitrogens is 2. The van der Waals surface area contributed by atoms with Crippen molar-refractivity contribution in [3.63, 3.8) is 0 Å². The Kier molecular flexibility index (Phi) is 7.96. The number of likely N-dealkylation sites (N-methyl/N-ethyl adjacent to an activating group) is 1. The first kappa shape index (κ1) is 22.3. The molecule has 158 valence electrons. The highest BCUT2D eigenvalue weighted by Crippen LogP contribution is 2.27. The van der Waals surface area contributed by atoms with E-state index in [2.05, 4.69) is 15.7 Å². The van der Waals surface area contributed by atoms with Crippen molar-refractivity contribution in [3.8, 4) is 0 Å². The van der Waals surface area contributed by atoms with Crippen LogP contribution < -0.4 is 10.6 Å². The van der Waals surface area contributed by atoms with Crippen LogP contribution in [0.1, 0.15) is 24.6 Å². The summed E-state index contributed by atoms with van der Waals surface area (Å²) in [6.45, 7) is 3.01. The van der Waals surface area contributed by atoms with E-state index >= 15 is 0 Å². The van der Waals surface area contributed by atoms with Gasteiger partial charge in [-0.25, -0.2) is 13.1 Å². The molecular weight excluding hydrogens is 386 g/mol. The number of carbonyl (C=O) groups excluding carboxylic acids is 2. The minimum atomic E-state index is -3.06. The molecule has 28 heavy (non-hydrogen) atoms. The minimum Gasteiger partial charge on any atom is -0.385 e. The molecule has 0 saturated carbocycles. The second-order valence-corrected chi connectivity index (χ2v) is 9.32. The van der Waals surface area contributed by atoms with Crippen molar-refractivity contribution < 1.29 is 22.7 Å². The molecule has 0 bridgehead atoms. The van der Waals surface area contributed by atoms with E-state index in [1.165, 1.54) is 0 Å². The Morgan fingerprint density at radius 2 is 2.07 bits per heavy atom. The van der Waals surface area contributed by atoms with Crippen LogP contribution in [0.3, 0.4) is 0 Å². The van der Waals surface area contributed by atoms with Gasteiger partial charge in [0, 0.05) is 26.3 Å². The van der Waals surface area contributed by atoms with Gasteiger partial charge in [0.15, 0.2) is 9.84 Å². The molecule has 1 aromatic rings. The van der Waals surface area contributed by atoms with Crippen molar-refractivity contribution in [1.29, 1.82) is 0 Å². The number of anilines is 1. The molecular formula is C17H29N5O5S. The lowest BCUT2D eigenvalue weighted by molar-refractivity contribution is -0.123. The van der Waals surface area contributed by atoms with E-state index < -0.39 is 9.84 Å². The van der Waals surface area contributed by atoms with Crippen LogP contribution in [0.4, 0.5) is 5.82 Å². The average Bonchev–Trinajstić information content (AvgIpc) is 3.13. The Balaban J connectivity index is 1.85. The largest absolute Gasteiger partial charge is 0.385 e. The Labute approximate surface area is 165 Å². The van der Waals surface area contributed by atoms with Crippen LogP contribution in [-0.2, 0) is 24.2 Å². The summed E-state index contributed by atoms with van der Waals surface area (Å²) in [6.07, 6.45) is 1.21. The molecule has 2 rings (SSSR count). The topological polar surface area (TPSA) is 123 Å². The zero-order chi connectivity index (χ0) is 20.7. The van der Waals surface area contributed by atoms with Crippen LogP contribution in [0.5, 0.6) is 0 Å². The smallest absolute Gasteiger partial charge is 0.239 e. The van der Waals surface area contributed by atoms with Crippen LogP contribution in [0.2, 0.25) is 0 Å². The van der Waals surface area contributed by atoms with Gasteiger partial charge in [0.1, 0.15) is 5.82 Å². The molecule has 10 nitrogen and oxygen atoms in total. The number of hydrogen-bond acceptors (Lipinski definition) is 7. The maximum Gasteiger partial charge on any atom is 0.239 e. The summed E-state index contributed by atoms with van der Waals surface area (Å²) in [5.74, 6) is 0.175. The highest BCUT2D eigenvalue weighted by molar-refractivity contribution is 7.91. The molecule has 11 heteroatoms. The second-order valence-electron chi connectivity index (χ2n) is 7.09. The fraction of sp³-hybridized carbons (Fsp3) is 0.706. The van der Waals surface area contributed by atoms with Gasteiger partial charge >= 0.3 is 0 Å². The monoisotopic (exact) mass is 415 g/mol. The normalized spacial score (nSPS) is 18.4. The molecule has 0 spiro atoms. The van der Waals surface area contributed by atoms with Gasteiger partial charge in [-0.05, 0) is 26.8 Å². The molecule has 1 fully saturated rings. The zero-order valence-electron chi connectivity index (χ0n) is 16.6. The fourth-order valence-corrected chi connectivity index (χ4v) is 4.78. The summed E-state index contributed by atoms with van der Waals surface area (Å²) in [5, 5.41) is 9.88. The van der Waals surface area contributed by atoms with E-state index in [4.69, 9.17) is 4.74 Å². The van der Waals surface area contributed by atoms with Crippen LogP contribution in [-0.4, -0.2) is 86.8 Å². The lowest BCUT2D eigenvalue weighted by Crippen LogP contribution is -2.39. The van der Waals surface area contributed by atoms with Crippen molar-refractivity contribution in [2.45, 2.75) is 25.8 Å². The van der Waals surface area contributed by atoms with E-state index in [1.807, 2.05) is 0 Å². The van der Waals surface area contributed by atoms with Crippen molar-refractivity contribution >= 4 is 27.5 Å². The Hall–Kier alpha value is -1.98. The molecule has 0 aliphatic carbocycles. The second kappa shape index (κ2) is 9.99. The number of sulfone groups is 1. The Bertz CT molecular complexity index is 792. The first-order valence-corrected chi connectivity index (χ1v) is 11.0. The third-order valence-corrected chi connectivity index (χ3v) is 6.10. The Morgan fingerprint density at radius 3 is 2.71 bits per heavy atom. The van der Waals surface area contributed by atoms with E-state index in [0.717, 1.165) is 6.42 Å². The summed E-state index contributed by atoms with van der Waals surface area (Å²) in [7, 11) is 0.228. The predicted molar refractivity (Wildman–Crippen MR) is 105 cm³/mol. The molecule has 1 saturated heterocycles. The van der Waals surface area contributed by atoms with Crippen molar-refractivity contribution in [2.24, 2.45) is 0 Å². The van der Waals surface area contributed by atoms with Gasteiger partial charge in [0.2, 0.25) is 11.8 Å². The molecule has 0 radical (unpaired) electrons. The molecule has 2 amide bonds. The molecule has 0 aromatic carbocycles. The van der Waals surface area contributed by atoms with E-state index in [0.29, 0.717) is 31.1 Å². The summed E-state index contributed by atoms with van der Waals surface area (Å²) in [5.41, 5.74) is 0.698. The van der Waals surface area contributed by atoms with E-state index in [-0.39, 0.29) is 42.5 Å². The zero-order valence-corrected chi connectivity index (χ0v) is 17.4. The van der Waals surface area contributed by atoms with Crippen molar-refractivity contribution in [2.75, 3.05) is 57.2 Å². The first-order valence-electron chi connectivity index (χ1n) is 9.21. The summed E-state index contributed by atoms with van der Waals surface area (Å²) < 4.78 is 30.0. The van der Waals surface area contributed by atoms with Crippen LogP contribution in [0.25, 0.3) is 0 Å². The highest BCUT2D eigenvalue weighted by atomic mass is 32.2. The van der Waals surface area contributed by atoms with Crippen LogP contribution in [0.15, 0.2) is 6.07 Å². The third kappa shape index (κ3) is 6.88. The van der Waals surface area contributed by atoms with Gasteiger partial charge in [0.05, 0.1) is 36.3 Å². The van der Waals surface area contributed by atoms with Gasteiger partial charge in [-0.3, -0.25) is 14.5 Å². The lowest BCUT2D eigenvalue weighted by Gasteiger charge is -2.17. The maximum atomic E-state index is 12.3. The van der Waals surface area contributed by atoms with Crippen LogP contribution >= 0.6 is 0 Å². The molecule has 1 aliphatic rings. The number of rotatable bonds is 10. The molecule has 1 atom stereocenters. The number of ether oxygens (including phenoxy) is 1. The average molecular weight is 416 g/mol. The number of hydrogen-bond donors (Lipinski definition) is 2. The summed E-state index contributed by atoms with van der Waals surface area (Å²) in [4.78, 5) is 25.8. The van der Waals surface area contributed by atoms with E-state index in [1.54, 1.807) is 36.7 Å². The SMILES string of the molecule is COCCCNC(=O)CN(C)CC(=O)Nc1cc(C)nn1C1CCS(=O)(=O)C1. The van der Waals surface area contributed by atoms with Crippen LogP contribution in [0, 0.1) is 6.92 Å². The highest BCUT2D eigenvalue weighted by Gasteiger charge is 2.31. The van der Waals surface area contributed by atoms with Crippen molar-refractivity contribution in [1.82, 2.24) is 20.0 Å². The molecule has 2 heterocycles. The quantitative estimate of drug-likeness (QED) is 0.497. The summed E-state index contributed by atoms with van der Waals surface area (Å²) in [6, 6.07) is 1.44. The Morgan fingerprint density at radius 1 is 1.36 bits per heavy atom. The first-order chi connectivity index (χ1) is 13.2. The van der Waals surface area contributed by atoms with Gasteiger partial charge in [0.25, 0.3) is 0 Å². The van der Waals surface area contributed by atoms with Gasteiger partial charge < -0.3 is 15.4 Å². The number of nitrogens with zero attached hydrogens (tertiary/aromatic N) is 3. The molecule has 2 N–H and O–H groups in total. The molecule has 1 aliphatic heterocycles. The fourth-order valence-electron chi connectivity index (χ4n) is 3.09. The predicted octanol–water partition coefficient (Wildman–Crippen LogP) is -0.426. The number of nitrogens with one attached hydrogen (secondary N) is 2. The number of aryl methyl sites for hydroxylation is 1. The van der Waals surface area contributed by atoms with Gasteiger partial charge in [-0.2, -0.15) is 5.10 Å². The minimum absolute atomic E-state index is 0.0265. The summed E-state index contributed by atoms with van der Waals surface area (Å²) >= 11 is 0. The number of methoxy groups -OCH3 is 1. The van der Waals surface area contributed by atoms with Gasteiger partial charge in [-0.15, -0.1) is 0 Å².